The Labute approximate surface area is 147 Å². The number of ether oxygens (including phenoxy) is 1. The number of anilines is 1. The molecule has 0 spiro atoms. The fourth-order valence-corrected chi connectivity index (χ4v) is 2.72. The summed E-state index contributed by atoms with van der Waals surface area (Å²) in [5.74, 6) is -0.612. The minimum atomic E-state index is -0.714. The second-order valence-electron chi connectivity index (χ2n) is 6.00. The zero-order valence-corrected chi connectivity index (χ0v) is 14.7. The van der Waals surface area contributed by atoms with Crippen molar-refractivity contribution in [1.82, 2.24) is 10.2 Å². The lowest BCUT2D eigenvalue weighted by Crippen LogP contribution is -2.46. The zero-order valence-electron chi connectivity index (χ0n) is 14.7. The molecule has 1 atom stereocenters. The van der Waals surface area contributed by atoms with E-state index in [1.165, 1.54) is 12.0 Å². The number of hydrogen-bond donors (Lipinski definition) is 2. The number of benzene rings is 1. The molecule has 134 valence electrons. The van der Waals surface area contributed by atoms with Crippen LogP contribution < -0.4 is 10.6 Å². The van der Waals surface area contributed by atoms with Gasteiger partial charge in [-0.25, -0.2) is 4.79 Å². The largest absolute Gasteiger partial charge is 0.453 e. The average molecular weight is 345 g/mol. The number of rotatable bonds is 4. The quantitative estimate of drug-likeness (QED) is 0.820. The number of allylic oxidation sites excluding steroid dienone is 1. The number of hydrogen-bond acceptors (Lipinski definition) is 4. The highest BCUT2D eigenvalue weighted by atomic mass is 16.5. The van der Waals surface area contributed by atoms with Gasteiger partial charge in [0, 0.05) is 12.2 Å². The van der Waals surface area contributed by atoms with Gasteiger partial charge in [-0.05, 0) is 44.4 Å². The summed E-state index contributed by atoms with van der Waals surface area (Å²) in [5, 5.41) is 5.28. The second kappa shape index (κ2) is 8.32. The third kappa shape index (κ3) is 4.59. The first-order valence-corrected chi connectivity index (χ1v) is 8.13. The van der Waals surface area contributed by atoms with Crippen molar-refractivity contribution in [2.75, 3.05) is 19.0 Å². The topological polar surface area (TPSA) is 87.7 Å². The molecule has 0 radical (unpaired) electrons. The van der Waals surface area contributed by atoms with Crippen LogP contribution in [0.2, 0.25) is 0 Å². The van der Waals surface area contributed by atoms with Gasteiger partial charge in [0.2, 0.25) is 5.91 Å². The molecule has 1 saturated heterocycles. The molecule has 2 rings (SSSR count). The molecule has 0 aromatic heterocycles. The number of methoxy groups -OCH3 is 1. The summed E-state index contributed by atoms with van der Waals surface area (Å²) in [6.07, 6.45) is 0.597. The van der Waals surface area contributed by atoms with E-state index in [1.54, 1.807) is 26.0 Å². The first-order chi connectivity index (χ1) is 11.9. The lowest BCUT2D eigenvalue weighted by atomic mass is 10.1. The van der Waals surface area contributed by atoms with Gasteiger partial charge in [0.25, 0.3) is 5.91 Å². The Bertz CT molecular complexity index is 681. The number of carbonyl (C=O) groups excluding carboxylic acids is 3. The van der Waals surface area contributed by atoms with E-state index in [1.807, 2.05) is 18.2 Å². The summed E-state index contributed by atoms with van der Waals surface area (Å²) < 4.78 is 4.56. The van der Waals surface area contributed by atoms with Crippen LogP contribution in [0.4, 0.5) is 10.5 Å². The van der Waals surface area contributed by atoms with Crippen LogP contribution in [-0.4, -0.2) is 42.5 Å². The fraction of sp³-hybridized carbons (Fsp3) is 0.389. The van der Waals surface area contributed by atoms with E-state index >= 15 is 0 Å². The summed E-state index contributed by atoms with van der Waals surface area (Å²) in [7, 11) is 1.23. The number of para-hydroxylation sites is 1. The third-order valence-corrected chi connectivity index (χ3v) is 3.98. The van der Waals surface area contributed by atoms with Crippen molar-refractivity contribution in [1.29, 1.82) is 0 Å². The molecule has 1 aromatic carbocycles. The highest BCUT2D eigenvalue weighted by Crippen LogP contribution is 2.22. The van der Waals surface area contributed by atoms with Crippen LogP contribution in [0.1, 0.15) is 26.7 Å². The third-order valence-electron chi connectivity index (χ3n) is 3.98. The Hall–Kier alpha value is -2.83. The van der Waals surface area contributed by atoms with Gasteiger partial charge in [-0.15, -0.1) is 0 Å². The molecular formula is C18H23N3O4. The van der Waals surface area contributed by atoms with E-state index in [0.29, 0.717) is 24.2 Å². The van der Waals surface area contributed by atoms with Gasteiger partial charge in [0.05, 0.1) is 7.11 Å². The van der Waals surface area contributed by atoms with Gasteiger partial charge in [-0.3, -0.25) is 14.9 Å². The van der Waals surface area contributed by atoms with E-state index in [2.05, 4.69) is 15.4 Å². The number of nitrogens with one attached hydrogen (secondary N) is 2. The van der Waals surface area contributed by atoms with Crippen LogP contribution in [0.25, 0.3) is 0 Å². The molecule has 0 saturated carbocycles. The van der Waals surface area contributed by atoms with Crippen LogP contribution in [0.3, 0.4) is 0 Å². The Morgan fingerprint density at radius 2 is 1.84 bits per heavy atom. The molecule has 3 amide bonds. The molecule has 0 bridgehead atoms. The lowest BCUT2D eigenvalue weighted by Gasteiger charge is -2.25. The van der Waals surface area contributed by atoms with Gasteiger partial charge in [-0.2, -0.15) is 0 Å². The highest BCUT2D eigenvalue weighted by Gasteiger charge is 2.36. The van der Waals surface area contributed by atoms with Crippen LogP contribution in [0, 0.1) is 0 Å². The number of amides is 3. The van der Waals surface area contributed by atoms with Gasteiger partial charge in [-0.1, -0.05) is 18.2 Å². The maximum absolute atomic E-state index is 12.8. The van der Waals surface area contributed by atoms with E-state index in [4.69, 9.17) is 0 Å². The molecule has 1 fully saturated rings. The van der Waals surface area contributed by atoms with Crippen LogP contribution in [0.5, 0.6) is 0 Å². The first kappa shape index (κ1) is 18.5. The van der Waals surface area contributed by atoms with Gasteiger partial charge >= 0.3 is 6.09 Å². The van der Waals surface area contributed by atoms with Gasteiger partial charge in [0.1, 0.15) is 11.7 Å². The van der Waals surface area contributed by atoms with Crippen molar-refractivity contribution in [3.05, 3.63) is 41.6 Å². The van der Waals surface area contributed by atoms with E-state index in [0.717, 1.165) is 6.42 Å². The fourth-order valence-electron chi connectivity index (χ4n) is 2.72. The lowest BCUT2D eigenvalue weighted by molar-refractivity contribution is -0.133. The van der Waals surface area contributed by atoms with Crippen molar-refractivity contribution in [3.8, 4) is 0 Å². The number of nitrogens with zero attached hydrogens (tertiary/aromatic N) is 1. The first-order valence-electron chi connectivity index (χ1n) is 8.13. The standard InChI is InChI=1S/C18H23N3O4/c1-12(2)15(20-18(24)25-3)17(23)21-11-7-10-14(21)16(22)19-13-8-5-4-6-9-13/h4-6,8-9,14H,7,10-11H2,1-3H3,(H,19,22)(H,20,24)/t14-/m0/s1. The number of carbonyl (C=O) groups is 3. The number of alkyl carbamates (subject to hydrolysis) is 1. The summed E-state index contributed by atoms with van der Waals surface area (Å²) >= 11 is 0. The van der Waals surface area contributed by atoms with Crippen molar-refractivity contribution in [2.24, 2.45) is 0 Å². The predicted molar refractivity (Wildman–Crippen MR) is 93.7 cm³/mol. The normalized spacial score (nSPS) is 16.1. The SMILES string of the molecule is COC(=O)NC(C(=O)N1CCC[C@H]1C(=O)Nc1ccccc1)=C(C)C. The van der Waals surface area contributed by atoms with Gasteiger partial charge in [0.15, 0.2) is 0 Å². The van der Waals surface area contributed by atoms with Crippen molar-refractivity contribution in [2.45, 2.75) is 32.7 Å². The van der Waals surface area contributed by atoms with E-state index in [-0.39, 0.29) is 17.5 Å². The molecule has 0 unspecified atom stereocenters. The molecule has 1 aliphatic rings. The molecule has 1 aromatic rings. The van der Waals surface area contributed by atoms with E-state index < -0.39 is 12.1 Å². The monoisotopic (exact) mass is 345 g/mol. The van der Waals surface area contributed by atoms with Crippen LogP contribution in [0.15, 0.2) is 41.6 Å². The Morgan fingerprint density at radius 1 is 1.16 bits per heavy atom. The molecule has 1 heterocycles. The maximum atomic E-state index is 12.8. The Kier molecular flexibility index (Phi) is 6.16. The summed E-state index contributed by atoms with van der Waals surface area (Å²) in [6.45, 7) is 3.90. The zero-order chi connectivity index (χ0) is 18.4. The minimum absolute atomic E-state index is 0.145. The highest BCUT2D eigenvalue weighted by molar-refractivity contribution is 6.02. The predicted octanol–water partition coefficient (Wildman–Crippen LogP) is 2.27. The van der Waals surface area contributed by atoms with E-state index in [9.17, 15) is 14.4 Å². The van der Waals surface area contributed by atoms with Crippen molar-refractivity contribution in [3.63, 3.8) is 0 Å². The minimum Gasteiger partial charge on any atom is -0.453 e. The van der Waals surface area contributed by atoms with Crippen LogP contribution >= 0.6 is 0 Å². The maximum Gasteiger partial charge on any atom is 0.411 e. The number of likely N-dealkylation sites (tertiary alicyclic amines) is 1. The molecule has 2 N–H and O–H groups in total. The van der Waals surface area contributed by atoms with Crippen molar-refractivity contribution < 1.29 is 19.1 Å². The van der Waals surface area contributed by atoms with Gasteiger partial charge < -0.3 is 15.0 Å². The molecule has 0 aliphatic carbocycles. The molecular weight excluding hydrogens is 322 g/mol. The second-order valence-corrected chi connectivity index (χ2v) is 6.00. The molecule has 7 nitrogen and oxygen atoms in total. The average Bonchev–Trinajstić information content (AvgIpc) is 3.09. The van der Waals surface area contributed by atoms with Crippen LogP contribution in [-0.2, 0) is 14.3 Å². The molecule has 1 aliphatic heterocycles. The summed E-state index contributed by atoms with van der Waals surface area (Å²) in [4.78, 5) is 38.4. The van der Waals surface area contributed by atoms with Crippen molar-refractivity contribution >= 4 is 23.6 Å². The summed E-state index contributed by atoms with van der Waals surface area (Å²) in [5.41, 5.74) is 1.47. The Morgan fingerprint density at radius 3 is 2.44 bits per heavy atom. The smallest absolute Gasteiger partial charge is 0.411 e. The molecule has 25 heavy (non-hydrogen) atoms. The summed E-state index contributed by atoms with van der Waals surface area (Å²) in [6, 6.07) is 8.53. The Balaban J connectivity index is 2.13. The molecule has 7 heteroatoms.